The molecule has 0 unspecified atom stereocenters. The maximum atomic E-state index is 4.62. The zero-order valence-corrected chi connectivity index (χ0v) is 51.4. The minimum Gasteiger partial charge on any atom is -0.458 e. The number of aliphatic imine (C=N–C) groups is 1. The summed E-state index contributed by atoms with van der Waals surface area (Å²) in [7, 11) is 0. The Balaban J connectivity index is 0.000000250. The number of para-hydroxylation sites is 1. The second-order valence-corrected chi connectivity index (χ2v) is 18.0. The Morgan fingerprint density at radius 2 is 1.04 bits per heavy atom. The van der Waals surface area contributed by atoms with Gasteiger partial charge in [-0.3, -0.25) is 9.36 Å². The first-order valence-corrected chi connectivity index (χ1v) is 23.3. The van der Waals surface area contributed by atoms with Crippen molar-refractivity contribution in [1.82, 2.24) is 53.7 Å². The molecule has 1 aliphatic carbocycles. The van der Waals surface area contributed by atoms with Gasteiger partial charge in [0, 0.05) is 122 Å². The maximum absolute atomic E-state index is 4.62. The van der Waals surface area contributed by atoms with Crippen LogP contribution < -0.4 is 0 Å². The fourth-order valence-electron chi connectivity index (χ4n) is 7.03. The van der Waals surface area contributed by atoms with E-state index in [1.54, 1.807) is 11.3 Å². The first-order valence-electron chi connectivity index (χ1n) is 22.5. The number of aromatic nitrogens is 11. The molecule has 4 radical (unpaired) electrons. The van der Waals surface area contributed by atoms with E-state index < -0.39 is 0 Å². The molecule has 0 amide bonds. The Bertz CT molecular complexity index is 2960. The van der Waals surface area contributed by atoms with E-state index in [2.05, 4.69) is 156 Å². The predicted octanol–water partition coefficient (Wildman–Crippen LogP) is 11.3. The Kier molecular flexibility index (Phi) is 23.5. The summed E-state index contributed by atoms with van der Waals surface area (Å²) < 4.78 is 9.56. The molecule has 8 aromatic rings. The van der Waals surface area contributed by atoms with Crippen molar-refractivity contribution in [3.8, 4) is 27.9 Å². The van der Waals surface area contributed by atoms with Gasteiger partial charge in [-0.25, -0.2) is 38.9 Å². The number of nitrogens with zero attached hydrogens (tertiary/aromatic N) is 12. The first-order chi connectivity index (χ1) is 31.8. The number of imidazole rings is 1. The number of hydrogen-bond acceptors (Lipinski definition) is 8. The Hall–Kier alpha value is -4.39. The van der Waals surface area contributed by atoms with Crippen molar-refractivity contribution >= 4 is 28.4 Å². The molecule has 7 heterocycles. The molecule has 0 bridgehead atoms. The summed E-state index contributed by atoms with van der Waals surface area (Å²) in [6.07, 6.45) is 28.2. The minimum atomic E-state index is -0.0585. The second-order valence-electron chi connectivity index (χ2n) is 16.8. The van der Waals surface area contributed by atoms with Gasteiger partial charge < -0.3 is 19.5 Å². The molecule has 10 rings (SSSR count). The predicted molar refractivity (Wildman–Crippen MR) is 265 cm³/mol. The van der Waals surface area contributed by atoms with Gasteiger partial charge in [0.25, 0.3) is 0 Å². The summed E-state index contributed by atoms with van der Waals surface area (Å²) in [6, 6.07) is 28.5. The summed E-state index contributed by atoms with van der Waals surface area (Å²) in [6.45, 7) is 21.0. The van der Waals surface area contributed by atoms with Crippen molar-refractivity contribution in [2.24, 2.45) is 15.8 Å². The molecule has 2 aliphatic rings. The fraction of sp³-hybridized carbons (Fsp3) is 0.302. The van der Waals surface area contributed by atoms with Gasteiger partial charge in [0.15, 0.2) is 0 Å². The Morgan fingerprint density at radius 3 is 1.50 bits per heavy atom. The molecular formula is C53H58Ir4N12S-4. The van der Waals surface area contributed by atoms with Crippen LogP contribution >= 0.6 is 11.3 Å². The number of aryl methyl sites for hydroxylation is 5. The standard InChI is InChI=1S/C20H17N4.C12H16N3.C12H15N2.C9H10N3S.4Ir/c1-2-17-13-14-23(22-17)19-15-21-20(16-9-5-3-6-10-16)24(19)18-11-7-4-8-12-18;1-5-10-6-7-15(14-10)11-8-13-9(2)12(11,3)4;1-4-10-7-9-14(13-10)11-6-5-8-12(11,2)3;1-3-8-4-5-12(11-8)9-6-10-7(2)13-9;;;;/h3-14H,2H2,1H3;6-7H,5H2,1-4H3;5,7-9H,4H2,1-3H3;4-5H,3H2,1-2H3;;;;/q4*-1;;;;. The van der Waals surface area contributed by atoms with Crippen molar-refractivity contribution in [2.45, 2.75) is 94.9 Å². The third-order valence-electron chi connectivity index (χ3n) is 11.4. The molecule has 0 N–H and O–H groups in total. The number of thiazole rings is 1. The topological polar surface area (TPSA) is 114 Å². The summed E-state index contributed by atoms with van der Waals surface area (Å²) in [5.74, 6) is 1.66. The van der Waals surface area contributed by atoms with Crippen LogP contribution in [0.4, 0.5) is 0 Å². The molecule has 17 heteroatoms. The Labute approximate surface area is 471 Å². The molecule has 0 spiro atoms. The van der Waals surface area contributed by atoms with E-state index in [0.717, 1.165) is 98.5 Å². The van der Waals surface area contributed by atoms with Gasteiger partial charge in [-0.1, -0.05) is 139 Å². The van der Waals surface area contributed by atoms with Crippen LogP contribution in [0, 0.1) is 42.4 Å². The van der Waals surface area contributed by atoms with Crippen LogP contribution in [0.25, 0.3) is 39.3 Å². The molecule has 0 saturated heterocycles. The summed E-state index contributed by atoms with van der Waals surface area (Å²) in [5, 5.41) is 19.9. The van der Waals surface area contributed by atoms with E-state index >= 15 is 0 Å². The van der Waals surface area contributed by atoms with Crippen LogP contribution in [0.2, 0.25) is 0 Å². The van der Waals surface area contributed by atoms with Crippen molar-refractivity contribution in [2.75, 3.05) is 0 Å². The van der Waals surface area contributed by atoms with Crippen molar-refractivity contribution in [3.63, 3.8) is 0 Å². The largest absolute Gasteiger partial charge is 0.458 e. The van der Waals surface area contributed by atoms with E-state index in [1.165, 1.54) is 0 Å². The van der Waals surface area contributed by atoms with Gasteiger partial charge in [0.2, 0.25) is 0 Å². The summed E-state index contributed by atoms with van der Waals surface area (Å²) in [4.78, 5) is 12.9. The van der Waals surface area contributed by atoms with E-state index in [1.807, 2.05) is 118 Å². The van der Waals surface area contributed by atoms with Crippen LogP contribution in [-0.4, -0.2) is 59.4 Å². The molecule has 6 aromatic heterocycles. The number of rotatable bonds is 10. The van der Waals surface area contributed by atoms with Gasteiger partial charge in [-0.05, 0) is 79.0 Å². The Morgan fingerprint density at radius 1 is 0.557 bits per heavy atom. The quantitative estimate of drug-likeness (QED) is 0.126. The van der Waals surface area contributed by atoms with Crippen LogP contribution in [0.5, 0.6) is 0 Å². The third-order valence-corrected chi connectivity index (χ3v) is 12.2. The summed E-state index contributed by atoms with van der Waals surface area (Å²) in [5.41, 5.74) is 9.69. The average molecular weight is 1660 g/mol. The van der Waals surface area contributed by atoms with Crippen LogP contribution in [0.15, 0.2) is 127 Å². The molecule has 2 aromatic carbocycles. The van der Waals surface area contributed by atoms with Gasteiger partial charge in [-0.2, -0.15) is 20.4 Å². The number of benzene rings is 2. The van der Waals surface area contributed by atoms with E-state index in [9.17, 15) is 0 Å². The molecule has 376 valence electrons. The van der Waals surface area contributed by atoms with Gasteiger partial charge in [-0.15, -0.1) is 24.3 Å². The molecule has 70 heavy (non-hydrogen) atoms. The molecule has 0 saturated carbocycles. The normalized spacial score (nSPS) is 13.5. The molecular weight excluding hydrogens is 1610 g/mol. The monoisotopic (exact) mass is 1670 g/mol. The number of allylic oxidation sites excluding steroid dienone is 5. The van der Waals surface area contributed by atoms with Gasteiger partial charge in [0.05, 0.1) is 22.8 Å². The molecule has 0 fully saturated rings. The van der Waals surface area contributed by atoms with Crippen LogP contribution in [-0.2, 0) is 106 Å². The zero-order chi connectivity index (χ0) is 46.8. The van der Waals surface area contributed by atoms with E-state index in [-0.39, 0.29) is 91.3 Å². The van der Waals surface area contributed by atoms with Gasteiger partial charge >= 0.3 is 0 Å². The van der Waals surface area contributed by atoms with Gasteiger partial charge in [0.1, 0.15) is 0 Å². The first kappa shape index (κ1) is 59.9. The smallest absolute Gasteiger partial charge is 0.0626 e. The number of hydrogen-bond donors (Lipinski definition) is 0. The van der Waals surface area contributed by atoms with Crippen molar-refractivity contribution < 1.29 is 80.4 Å². The van der Waals surface area contributed by atoms with E-state index in [0.29, 0.717) is 0 Å². The fourth-order valence-corrected chi connectivity index (χ4v) is 7.69. The molecule has 0 atom stereocenters. The second kappa shape index (κ2) is 27.4. The maximum Gasteiger partial charge on any atom is 0.0626 e. The zero-order valence-electron chi connectivity index (χ0n) is 41.0. The SMILES string of the molecule is CCc1ccn(-c2[c-]nc(-c3ccccc3)n2-c2ccccc2)n1.CCc1ccn(-c2[c-]nc(C)s2)n1.CCc1ccn(C2=[C-]C=CC2(C)C)n1.CCc1ccn(C2=[C-]N=C(C)C2(C)C)n1.[Ir].[Ir].[Ir].[Ir]. The average Bonchev–Trinajstić information content (AvgIpc) is 4.19. The molecule has 1 aliphatic heterocycles. The summed E-state index contributed by atoms with van der Waals surface area (Å²) >= 11 is 1.60. The van der Waals surface area contributed by atoms with Crippen LogP contribution in [0.1, 0.15) is 90.1 Å². The van der Waals surface area contributed by atoms with Crippen molar-refractivity contribution in [3.05, 3.63) is 174 Å². The van der Waals surface area contributed by atoms with Crippen LogP contribution in [0.3, 0.4) is 0 Å². The minimum absolute atomic E-state index is 0. The third kappa shape index (κ3) is 14.4. The molecule has 12 nitrogen and oxygen atoms in total. The van der Waals surface area contributed by atoms with E-state index in [4.69, 9.17) is 0 Å². The van der Waals surface area contributed by atoms with Crippen molar-refractivity contribution in [1.29, 1.82) is 0 Å².